The molecule has 0 radical (unpaired) electrons. The molecule has 2 N–H and O–H groups in total. The number of nitrogens with zero attached hydrogens (tertiary/aromatic N) is 2. The van der Waals surface area contributed by atoms with Crippen molar-refractivity contribution in [3.63, 3.8) is 0 Å². The third kappa shape index (κ3) is 5.23. The van der Waals surface area contributed by atoms with Gasteiger partial charge in [0.25, 0.3) is 11.1 Å². The summed E-state index contributed by atoms with van der Waals surface area (Å²) in [6.07, 6.45) is 2.16. The topological polar surface area (TPSA) is 97.1 Å². The molecule has 8 heteroatoms. The molecular formula is C21H20N4O3S. The molecule has 4 rings (SSSR count). The van der Waals surface area contributed by atoms with Crippen molar-refractivity contribution in [3.8, 4) is 0 Å². The molecule has 7 nitrogen and oxygen atoms in total. The first kappa shape index (κ1) is 19.2. The summed E-state index contributed by atoms with van der Waals surface area (Å²) in [6.45, 7) is 0.415. The maximum absolute atomic E-state index is 12.6. The van der Waals surface area contributed by atoms with Crippen molar-refractivity contribution in [2.24, 2.45) is 0 Å². The predicted molar refractivity (Wildman–Crippen MR) is 110 cm³/mol. The van der Waals surface area contributed by atoms with Gasteiger partial charge in [-0.1, -0.05) is 54.2 Å². The van der Waals surface area contributed by atoms with Gasteiger partial charge in [-0.3, -0.25) is 9.59 Å². The average Bonchev–Trinajstić information content (AvgIpc) is 3.49. The van der Waals surface area contributed by atoms with Crippen molar-refractivity contribution in [3.05, 3.63) is 71.6 Å². The monoisotopic (exact) mass is 408 g/mol. The van der Waals surface area contributed by atoms with Crippen LogP contribution in [0, 0.1) is 0 Å². The number of aromatic nitrogens is 2. The van der Waals surface area contributed by atoms with E-state index >= 15 is 0 Å². The van der Waals surface area contributed by atoms with Crippen LogP contribution in [0.25, 0.3) is 0 Å². The Morgan fingerprint density at radius 3 is 2.59 bits per heavy atom. The zero-order chi connectivity index (χ0) is 20.1. The van der Waals surface area contributed by atoms with Crippen molar-refractivity contribution in [1.82, 2.24) is 15.5 Å². The molecule has 1 fully saturated rings. The summed E-state index contributed by atoms with van der Waals surface area (Å²) in [6, 6.07) is 16.6. The van der Waals surface area contributed by atoms with E-state index in [0.717, 1.165) is 18.4 Å². The summed E-state index contributed by atoms with van der Waals surface area (Å²) < 4.78 is 5.54. The van der Waals surface area contributed by atoms with E-state index in [1.165, 1.54) is 11.8 Å². The highest BCUT2D eigenvalue weighted by Gasteiger charge is 2.29. The van der Waals surface area contributed by atoms with Gasteiger partial charge in [-0.05, 0) is 30.5 Å². The molecule has 2 amide bonds. The van der Waals surface area contributed by atoms with Crippen molar-refractivity contribution in [2.45, 2.75) is 30.5 Å². The lowest BCUT2D eigenvalue weighted by atomic mass is 10.1. The maximum atomic E-state index is 12.6. The Balaban J connectivity index is 1.33. The van der Waals surface area contributed by atoms with Crippen molar-refractivity contribution < 1.29 is 14.0 Å². The molecule has 148 valence electrons. The molecule has 3 aromatic rings. The standard InChI is InChI=1S/C21H20N4O3S/c26-18(13-29-21-25-24-20(28-21)15-10-11-15)23-17-9-5-4-8-16(17)19(27)22-12-14-6-2-1-3-7-14/h1-9,15H,10-13H2,(H,22,27)(H,23,26). The van der Waals surface area contributed by atoms with Gasteiger partial charge < -0.3 is 15.1 Å². The fourth-order valence-corrected chi connectivity index (χ4v) is 3.32. The smallest absolute Gasteiger partial charge is 0.277 e. The van der Waals surface area contributed by atoms with Crippen LogP contribution in [0.4, 0.5) is 5.69 Å². The number of hydrogen-bond donors (Lipinski definition) is 2. The largest absolute Gasteiger partial charge is 0.416 e. The zero-order valence-electron chi connectivity index (χ0n) is 15.6. The fourth-order valence-electron chi connectivity index (χ4n) is 2.75. The van der Waals surface area contributed by atoms with Gasteiger partial charge in [0.15, 0.2) is 0 Å². The molecule has 0 spiro atoms. The Hall–Kier alpha value is -3.13. The minimum Gasteiger partial charge on any atom is -0.416 e. The molecule has 29 heavy (non-hydrogen) atoms. The van der Waals surface area contributed by atoms with Crippen LogP contribution >= 0.6 is 11.8 Å². The summed E-state index contributed by atoms with van der Waals surface area (Å²) in [7, 11) is 0. The van der Waals surface area contributed by atoms with Gasteiger partial charge in [0, 0.05) is 12.5 Å². The van der Waals surface area contributed by atoms with Gasteiger partial charge in [-0.2, -0.15) is 0 Å². The number of carbonyl (C=O) groups excluding carboxylic acids is 2. The van der Waals surface area contributed by atoms with Crippen LogP contribution in [0.2, 0.25) is 0 Å². The van der Waals surface area contributed by atoms with Gasteiger partial charge in [-0.25, -0.2) is 0 Å². The molecular weight excluding hydrogens is 388 g/mol. The highest BCUT2D eigenvalue weighted by molar-refractivity contribution is 7.99. The van der Waals surface area contributed by atoms with Crippen LogP contribution in [-0.2, 0) is 11.3 Å². The summed E-state index contributed by atoms with van der Waals surface area (Å²) in [5, 5.41) is 14.0. The number of thioether (sulfide) groups is 1. The number of carbonyl (C=O) groups is 2. The minimum atomic E-state index is -0.247. The number of rotatable bonds is 8. The van der Waals surface area contributed by atoms with Crippen LogP contribution < -0.4 is 10.6 Å². The van der Waals surface area contributed by atoms with Crippen molar-refractivity contribution in [2.75, 3.05) is 11.1 Å². The number of hydrogen-bond acceptors (Lipinski definition) is 6. The number of anilines is 1. The maximum Gasteiger partial charge on any atom is 0.277 e. The van der Waals surface area contributed by atoms with E-state index in [1.807, 2.05) is 30.3 Å². The normalized spacial score (nSPS) is 13.1. The quantitative estimate of drug-likeness (QED) is 0.553. The molecule has 0 bridgehead atoms. The van der Waals surface area contributed by atoms with E-state index in [9.17, 15) is 9.59 Å². The molecule has 0 unspecified atom stereocenters. The van der Waals surface area contributed by atoms with E-state index in [2.05, 4.69) is 20.8 Å². The number of benzene rings is 2. The van der Waals surface area contributed by atoms with Gasteiger partial charge in [-0.15, -0.1) is 10.2 Å². The number of para-hydroxylation sites is 1. The molecule has 1 aliphatic carbocycles. The van der Waals surface area contributed by atoms with Gasteiger partial charge in [0.05, 0.1) is 17.0 Å². The number of amides is 2. The van der Waals surface area contributed by atoms with Crippen LogP contribution in [0.3, 0.4) is 0 Å². The third-order valence-corrected chi connectivity index (χ3v) is 5.24. The van der Waals surface area contributed by atoms with Crippen LogP contribution in [0.5, 0.6) is 0 Å². The Bertz CT molecular complexity index is 1000. The molecule has 0 saturated heterocycles. The molecule has 0 atom stereocenters. The van der Waals surface area contributed by atoms with E-state index in [4.69, 9.17) is 4.42 Å². The number of nitrogens with one attached hydrogen (secondary N) is 2. The second-order valence-electron chi connectivity index (χ2n) is 6.73. The van der Waals surface area contributed by atoms with Crippen LogP contribution in [0.15, 0.2) is 64.2 Å². The summed E-state index contributed by atoms with van der Waals surface area (Å²) in [5.41, 5.74) is 1.88. The average molecular weight is 408 g/mol. The van der Waals surface area contributed by atoms with Gasteiger partial charge in [0.2, 0.25) is 11.8 Å². The highest BCUT2D eigenvalue weighted by atomic mass is 32.2. The lowest BCUT2D eigenvalue weighted by Gasteiger charge is -2.11. The first-order valence-electron chi connectivity index (χ1n) is 9.36. The molecule has 1 heterocycles. The summed E-state index contributed by atoms with van der Waals surface area (Å²) in [5.74, 6) is 0.653. The van der Waals surface area contributed by atoms with E-state index in [0.29, 0.717) is 34.8 Å². The second kappa shape index (κ2) is 8.91. The van der Waals surface area contributed by atoms with Crippen LogP contribution in [0.1, 0.15) is 40.6 Å². The first-order valence-corrected chi connectivity index (χ1v) is 10.3. The van der Waals surface area contributed by atoms with Crippen molar-refractivity contribution in [1.29, 1.82) is 0 Å². The van der Waals surface area contributed by atoms with Gasteiger partial charge >= 0.3 is 0 Å². The lowest BCUT2D eigenvalue weighted by molar-refractivity contribution is -0.113. The molecule has 2 aromatic carbocycles. The highest BCUT2D eigenvalue weighted by Crippen LogP contribution is 2.39. The summed E-state index contributed by atoms with van der Waals surface area (Å²) in [4.78, 5) is 24.9. The van der Waals surface area contributed by atoms with Gasteiger partial charge in [0.1, 0.15) is 0 Å². The van der Waals surface area contributed by atoms with E-state index < -0.39 is 0 Å². The third-order valence-electron chi connectivity index (χ3n) is 4.42. The molecule has 1 aliphatic rings. The minimum absolute atomic E-state index is 0.117. The Morgan fingerprint density at radius 2 is 1.79 bits per heavy atom. The fraction of sp³-hybridized carbons (Fsp3) is 0.238. The summed E-state index contributed by atoms with van der Waals surface area (Å²) >= 11 is 1.18. The molecule has 1 saturated carbocycles. The molecule has 1 aromatic heterocycles. The lowest BCUT2D eigenvalue weighted by Crippen LogP contribution is -2.25. The van der Waals surface area contributed by atoms with E-state index in [1.54, 1.807) is 24.3 Å². The second-order valence-corrected chi connectivity index (χ2v) is 7.66. The SMILES string of the molecule is O=C(CSc1nnc(C2CC2)o1)Nc1ccccc1C(=O)NCc1ccccc1. The predicted octanol–water partition coefficient (Wildman–Crippen LogP) is 3.61. The van der Waals surface area contributed by atoms with E-state index in [-0.39, 0.29) is 17.6 Å². The Labute approximate surface area is 172 Å². The Kier molecular flexibility index (Phi) is 5.90. The van der Waals surface area contributed by atoms with Crippen LogP contribution in [-0.4, -0.2) is 27.8 Å². The van der Waals surface area contributed by atoms with Crippen molar-refractivity contribution >= 4 is 29.3 Å². The Morgan fingerprint density at radius 1 is 1.03 bits per heavy atom. The zero-order valence-corrected chi connectivity index (χ0v) is 16.4. The first-order chi connectivity index (χ1) is 14.2. The molecule has 0 aliphatic heterocycles.